The van der Waals surface area contributed by atoms with Crippen LogP contribution in [0.15, 0.2) is 54.6 Å². The molecule has 3 heterocycles. The van der Waals surface area contributed by atoms with Crippen molar-refractivity contribution < 1.29 is 9.53 Å². The molecule has 9 heteroatoms. The van der Waals surface area contributed by atoms with E-state index in [1.165, 1.54) is 4.63 Å². The molecule has 2 aromatic heterocycles. The molecule has 31 heavy (non-hydrogen) atoms. The van der Waals surface area contributed by atoms with Gasteiger partial charge >= 0.3 is 0 Å². The summed E-state index contributed by atoms with van der Waals surface area (Å²) in [5.74, 6) is 1.59. The Kier molecular flexibility index (Phi) is 4.91. The lowest BCUT2D eigenvalue weighted by Crippen LogP contribution is -2.48. The van der Waals surface area contributed by atoms with Gasteiger partial charge < -0.3 is 14.5 Å². The van der Waals surface area contributed by atoms with Crippen molar-refractivity contribution in [1.82, 2.24) is 30.2 Å². The maximum absolute atomic E-state index is 12.7. The number of anilines is 1. The number of tetrazole rings is 1. The van der Waals surface area contributed by atoms with Crippen molar-refractivity contribution in [2.75, 3.05) is 38.2 Å². The predicted octanol–water partition coefficient (Wildman–Crippen LogP) is 2.04. The summed E-state index contributed by atoms with van der Waals surface area (Å²) >= 11 is 0. The van der Waals surface area contributed by atoms with Crippen molar-refractivity contribution in [3.63, 3.8) is 0 Å². The Morgan fingerprint density at radius 3 is 2.65 bits per heavy atom. The van der Waals surface area contributed by atoms with Gasteiger partial charge in [0.05, 0.1) is 7.11 Å². The van der Waals surface area contributed by atoms with Crippen LogP contribution in [0, 0.1) is 0 Å². The quantitative estimate of drug-likeness (QED) is 0.471. The molecule has 2 aromatic carbocycles. The van der Waals surface area contributed by atoms with E-state index in [-0.39, 0.29) is 5.91 Å². The number of ether oxygens (including phenoxy) is 1. The lowest BCUT2D eigenvalue weighted by Gasteiger charge is -2.35. The zero-order chi connectivity index (χ0) is 21.2. The number of amides is 1. The van der Waals surface area contributed by atoms with Gasteiger partial charge in [-0.1, -0.05) is 36.4 Å². The Morgan fingerprint density at radius 1 is 1.03 bits per heavy atom. The van der Waals surface area contributed by atoms with Gasteiger partial charge in [0.2, 0.25) is 11.6 Å². The maximum atomic E-state index is 12.7. The third-order valence-electron chi connectivity index (χ3n) is 5.45. The zero-order valence-corrected chi connectivity index (χ0v) is 17.0. The van der Waals surface area contributed by atoms with Gasteiger partial charge in [0, 0.05) is 43.0 Å². The van der Waals surface area contributed by atoms with Gasteiger partial charge in [0.15, 0.2) is 5.82 Å². The van der Waals surface area contributed by atoms with Crippen LogP contribution in [-0.4, -0.2) is 69.4 Å². The zero-order valence-electron chi connectivity index (χ0n) is 17.0. The van der Waals surface area contributed by atoms with Crippen LogP contribution in [0.2, 0.25) is 0 Å². The minimum Gasteiger partial charge on any atom is -0.497 e. The molecule has 4 aromatic rings. The summed E-state index contributed by atoms with van der Waals surface area (Å²) in [6, 6.07) is 15.6. The van der Waals surface area contributed by atoms with Crippen LogP contribution < -0.4 is 9.64 Å². The van der Waals surface area contributed by atoms with Crippen LogP contribution in [-0.2, 0) is 4.79 Å². The molecule has 0 unspecified atom stereocenters. The number of carbonyl (C=O) groups is 1. The first-order chi connectivity index (χ1) is 15.2. The predicted molar refractivity (Wildman–Crippen MR) is 117 cm³/mol. The molecule has 0 aliphatic carbocycles. The van der Waals surface area contributed by atoms with E-state index in [1.807, 2.05) is 59.5 Å². The number of carbonyl (C=O) groups excluding carboxylic acids is 1. The second-order valence-corrected chi connectivity index (χ2v) is 7.28. The van der Waals surface area contributed by atoms with E-state index in [2.05, 4.69) is 25.5 Å². The number of hydrogen-bond acceptors (Lipinski definition) is 7. The van der Waals surface area contributed by atoms with Crippen molar-refractivity contribution in [2.24, 2.45) is 0 Å². The monoisotopic (exact) mass is 415 g/mol. The molecule has 1 aliphatic heterocycles. The number of aromatic nitrogens is 5. The van der Waals surface area contributed by atoms with Crippen LogP contribution in [0.3, 0.4) is 0 Å². The average molecular weight is 415 g/mol. The van der Waals surface area contributed by atoms with Crippen LogP contribution in [0.4, 0.5) is 5.82 Å². The number of methoxy groups -OCH3 is 1. The van der Waals surface area contributed by atoms with Gasteiger partial charge in [0.25, 0.3) is 0 Å². The molecule has 0 radical (unpaired) electrons. The van der Waals surface area contributed by atoms with Gasteiger partial charge in [-0.25, -0.2) is 0 Å². The summed E-state index contributed by atoms with van der Waals surface area (Å²) < 4.78 is 6.69. The van der Waals surface area contributed by atoms with Crippen molar-refractivity contribution >= 4 is 34.2 Å². The molecule has 1 aliphatic rings. The summed E-state index contributed by atoms with van der Waals surface area (Å²) in [7, 11) is 1.63. The topological polar surface area (TPSA) is 88.8 Å². The fraction of sp³-hybridized carbons (Fsp3) is 0.227. The molecular formula is C22H21N7O2. The molecule has 0 bridgehead atoms. The SMILES string of the molecule is COc1cccc(/C=C/C(=O)N2CCN(c3nn4nnnc4c4ccccc34)CC2)c1. The molecule has 0 N–H and O–H groups in total. The van der Waals surface area contributed by atoms with Gasteiger partial charge in [-0.3, -0.25) is 4.79 Å². The number of rotatable bonds is 4. The molecule has 156 valence electrons. The highest BCUT2D eigenvalue weighted by Crippen LogP contribution is 2.27. The summed E-state index contributed by atoms with van der Waals surface area (Å²) in [6.45, 7) is 2.60. The van der Waals surface area contributed by atoms with Crippen molar-refractivity contribution in [2.45, 2.75) is 0 Å². The molecule has 0 atom stereocenters. The lowest BCUT2D eigenvalue weighted by atomic mass is 10.1. The van der Waals surface area contributed by atoms with Gasteiger partial charge in [-0.05, 0) is 34.2 Å². The molecular weight excluding hydrogens is 394 g/mol. The molecule has 5 rings (SSSR count). The Labute approximate surface area is 178 Å². The molecule has 1 amide bonds. The Balaban J connectivity index is 1.31. The maximum Gasteiger partial charge on any atom is 0.246 e. The first-order valence-electron chi connectivity index (χ1n) is 10.1. The summed E-state index contributed by atoms with van der Waals surface area (Å²) in [5, 5.41) is 18.4. The van der Waals surface area contributed by atoms with Crippen LogP contribution in [0.25, 0.3) is 22.5 Å². The third kappa shape index (κ3) is 3.65. The van der Waals surface area contributed by atoms with E-state index < -0.39 is 0 Å². The fourth-order valence-corrected chi connectivity index (χ4v) is 3.82. The Morgan fingerprint density at radius 2 is 1.84 bits per heavy atom. The summed E-state index contributed by atoms with van der Waals surface area (Å²) in [6.07, 6.45) is 3.43. The third-order valence-corrected chi connectivity index (χ3v) is 5.45. The second kappa shape index (κ2) is 8.02. The summed E-state index contributed by atoms with van der Waals surface area (Å²) in [5.41, 5.74) is 1.56. The lowest BCUT2D eigenvalue weighted by molar-refractivity contribution is -0.126. The highest BCUT2D eigenvalue weighted by molar-refractivity contribution is 6.00. The van der Waals surface area contributed by atoms with Crippen LogP contribution in [0.5, 0.6) is 5.75 Å². The Bertz CT molecular complexity index is 1280. The molecule has 0 spiro atoms. The van der Waals surface area contributed by atoms with E-state index in [9.17, 15) is 4.79 Å². The highest BCUT2D eigenvalue weighted by Gasteiger charge is 2.23. The number of hydrogen-bond donors (Lipinski definition) is 0. The number of fused-ring (bicyclic) bond motifs is 3. The largest absolute Gasteiger partial charge is 0.497 e. The number of piperazine rings is 1. The van der Waals surface area contributed by atoms with E-state index in [0.717, 1.165) is 27.9 Å². The van der Waals surface area contributed by atoms with Crippen molar-refractivity contribution in [3.05, 3.63) is 60.2 Å². The number of nitrogens with zero attached hydrogens (tertiary/aromatic N) is 7. The van der Waals surface area contributed by atoms with E-state index >= 15 is 0 Å². The minimum atomic E-state index is -0.00350. The first kappa shape index (κ1) is 19.0. The average Bonchev–Trinajstić information content (AvgIpc) is 3.31. The van der Waals surface area contributed by atoms with E-state index in [0.29, 0.717) is 31.8 Å². The van der Waals surface area contributed by atoms with E-state index in [4.69, 9.17) is 4.74 Å². The van der Waals surface area contributed by atoms with Crippen LogP contribution in [0.1, 0.15) is 5.56 Å². The molecule has 1 fully saturated rings. The molecule has 1 saturated heterocycles. The number of benzene rings is 2. The van der Waals surface area contributed by atoms with Gasteiger partial charge in [0.1, 0.15) is 5.75 Å². The van der Waals surface area contributed by atoms with Crippen molar-refractivity contribution in [1.29, 1.82) is 0 Å². The fourth-order valence-electron chi connectivity index (χ4n) is 3.82. The Hall–Kier alpha value is -4.01. The minimum absolute atomic E-state index is 0.00350. The summed E-state index contributed by atoms with van der Waals surface area (Å²) in [4.78, 5) is 16.7. The highest BCUT2D eigenvalue weighted by atomic mass is 16.5. The van der Waals surface area contributed by atoms with E-state index in [1.54, 1.807) is 13.2 Å². The standard InChI is InChI=1S/C22H21N7O2/c1-31-17-6-4-5-16(15-17)9-10-20(30)27-11-13-28(14-12-27)22-19-8-3-2-7-18(19)21-23-25-26-29(21)24-22/h2-10,15H,11-14H2,1H3/b10-9+. The smallest absolute Gasteiger partial charge is 0.246 e. The van der Waals surface area contributed by atoms with Gasteiger partial charge in [-0.2, -0.15) is 0 Å². The van der Waals surface area contributed by atoms with Gasteiger partial charge in [-0.15, -0.1) is 14.8 Å². The van der Waals surface area contributed by atoms with Crippen LogP contribution >= 0.6 is 0 Å². The first-order valence-corrected chi connectivity index (χ1v) is 10.1. The second-order valence-electron chi connectivity index (χ2n) is 7.28. The normalized spacial score (nSPS) is 14.6. The molecule has 0 saturated carbocycles. The van der Waals surface area contributed by atoms with Crippen molar-refractivity contribution in [3.8, 4) is 5.75 Å². The molecule has 9 nitrogen and oxygen atoms in total.